The third kappa shape index (κ3) is 1.86. The Hall–Kier alpha value is -1.98. The minimum absolute atomic E-state index is 0.117. The van der Waals surface area contributed by atoms with Crippen LogP contribution in [-0.4, -0.2) is 11.9 Å². The molecule has 3 amide bonds. The van der Waals surface area contributed by atoms with Crippen LogP contribution < -0.4 is 10.6 Å². The monoisotopic (exact) mass is 226 g/mol. The van der Waals surface area contributed by atoms with Crippen molar-refractivity contribution in [1.29, 1.82) is 0 Å². The Balaban J connectivity index is 2.22. The van der Waals surface area contributed by atoms with Gasteiger partial charge in [-0.15, -0.1) is 0 Å². The first-order valence-corrected chi connectivity index (χ1v) is 4.57. The molecule has 4 nitrogen and oxygen atoms in total. The number of imide groups is 1. The number of alkyl halides is 2. The average molecular weight is 226 g/mol. The number of carbonyl (C=O) groups excluding carboxylic acids is 2. The zero-order valence-corrected chi connectivity index (χ0v) is 8.04. The second-order valence-corrected chi connectivity index (χ2v) is 3.36. The topological polar surface area (TPSA) is 58.2 Å². The third-order valence-electron chi connectivity index (χ3n) is 2.30. The van der Waals surface area contributed by atoms with E-state index < -0.39 is 24.4 Å². The second-order valence-electron chi connectivity index (χ2n) is 3.36. The van der Waals surface area contributed by atoms with Crippen molar-refractivity contribution < 1.29 is 18.4 Å². The van der Waals surface area contributed by atoms with E-state index in [2.05, 4.69) is 10.6 Å². The summed E-state index contributed by atoms with van der Waals surface area (Å²) in [6, 6.07) is 3.90. The number of urea groups is 1. The van der Waals surface area contributed by atoms with E-state index in [1.54, 1.807) is 0 Å². The lowest BCUT2D eigenvalue weighted by Gasteiger charge is -2.08. The first-order chi connectivity index (χ1) is 7.58. The van der Waals surface area contributed by atoms with Gasteiger partial charge in [0, 0.05) is 5.56 Å². The van der Waals surface area contributed by atoms with E-state index in [0.29, 0.717) is 5.56 Å². The highest BCUT2D eigenvalue weighted by Gasteiger charge is 2.30. The van der Waals surface area contributed by atoms with Crippen molar-refractivity contribution >= 4 is 11.9 Å². The highest BCUT2D eigenvalue weighted by molar-refractivity contribution is 6.04. The van der Waals surface area contributed by atoms with Crippen LogP contribution >= 0.6 is 0 Å². The Morgan fingerprint density at radius 1 is 1.12 bits per heavy atom. The molecule has 1 aliphatic rings. The molecule has 16 heavy (non-hydrogen) atoms. The molecule has 1 atom stereocenters. The van der Waals surface area contributed by atoms with Crippen LogP contribution in [0.5, 0.6) is 0 Å². The summed E-state index contributed by atoms with van der Waals surface area (Å²) in [5.41, 5.74) is 0.362. The molecule has 1 aromatic carbocycles. The Morgan fingerprint density at radius 2 is 1.75 bits per heavy atom. The van der Waals surface area contributed by atoms with Gasteiger partial charge in [0.2, 0.25) is 0 Å². The highest BCUT2D eigenvalue weighted by Crippen LogP contribution is 2.22. The quantitative estimate of drug-likeness (QED) is 0.751. The molecule has 1 unspecified atom stereocenters. The van der Waals surface area contributed by atoms with Crippen LogP contribution in [0.2, 0.25) is 0 Å². The zero-order valence-electron chi connectivity index (χ0n) is 8.04. The fourth-order valence-corrected chi connectivity index (χ4v) is 1.49. The van der Waals surface area contributed by atoms with E-state index in [4.69, 9.17) is 0 Å². The van der Waals surface area contributed by atoms with Crippen LogP contribution in [-0.2, 0) is 4.79 Å². The molecule has 0 aliphatic carbocycles. The van der Waals surface area contributed by atoms with Gasteiger partial charge in [-0.1, -0.05) is 24.3 Å². The van der Waals surface area contributed by atoms with Crippen LogP contribution in [0.3, 0.4) is 0 Å². The predicted molar refractivity (Wildman–Crippen MR) is 50.8 cm³/mol. The van der Waals surface area contributed by atoms with E-state index in [-0.39, 0.29) is 5.56 Å². The van der Waals surface area contributed by atoms with Gasteiger partial charge < -0.3 is 5.32 Å². The number of hydrogen-bond donors (Lipinski definition) is 2. The van der Waals surface area contributed by atoms with Gasteiger partial charge in [0.1, 0.15) is 6.04 Å². The van der Waals surface area contributed by atoms with Gasteiger partial charge in [0.15, 0.2) is 0 Å². The van der Waals surface area contributed by atoms with E-state index in [0.717, 1.165) is 0 Å². The number of halogens is 2. The van der Waals surface area contributed by atoms with Gasteiger partial charge in [0.25, 0.3) is 12.3 Å². The summed E-state index contributed by atoms with van der Waals surface area (Å²) in [5.74, 6) is -0.477. The SMILES string of the molecule is O=C1NC(=O)C(c2ccc(C(F)F)cc2)N1. The molecule has 0 bridgehead atoms. The fourth-order valence-electron chi connectivity index (χ4n) is 1.49. The lowest BCUT2D eigenvalue weighted by Crippen LogP contribution is -2.22. The van der Waals surface area contributed by atoms with Gasteiger partial charge >= 0.3 is 6.03 Å². The van der Waals surface area contributed by atoms with E-state index >= 15 is 0 Å². The zero-order chi connectivity index (χ0) is 11.7. The summed E-state index contributed by atoms with van der Waals surface area (Å²) in [5, 5.41) is 4.45. The summed E-state index contributed by atoms with van der Waals surface area (Å²) in [7, 11) is 0. The number of amides is 3. The normalized spacial score (nSPS) is 19.8. The molecule has 0 spiro atoms. The van der Waals surface area contributed by atoms with Crippen molar-refractivity contribution in [2.24, 2.45) is 0 Å². The van der Waals surface area contributed by atoms with Gasteiger partial charge in [-0.3, -0.25) is 10.1 Å². The first kappa shape index (κ1) is 10.5. The van der Waals surface area contributed by atoms with Gasteiger partial charge in [-0.25, -0.2) is 13.6 Å². The van der Waals surface area contributed by atoms with Crippen molar-refractivity contribution in [3.05, 3.63) is 35.4 Å². The fraction of sp³-hybridized carbons (Fsp3) is 0.200. The maximum atomic E-state index is 12.3. The van der Waals surface area contributed by atoms with Crippen molar-refractivity contribution in [2.75, 3.05) is 0 Å². The van der Waals surface area contributed by atoms with E-state index in [1.807, 2.05) is 0 Å². The van der Waals surface area contributed by atoms with Gasteiger partial charge in [-0.2, -0.15) is 0 Å². The minimum Gasteiger partial charge on any atom is -0.322 e. The summed E-state index contributed by atoms with van der Waals surface area (Å²) >= 11 is 0. The Morgan fingerprint density at radius 3 is 2.19 bits per heavy atom. The summed E-state index contributed by atoms with van der Waals surface area (Å²) < 4.78 is 24.5. The van der Waals surface area contributed by atoms with Crippen LogP contribution in [0.25, 0.3) is 0 Å². The average Bonchev–Trinajstić information content (AvgIpc) is 2.58. The number of rotatable bonds is 2. The molecule has 1 fully saturated rings. The molecule has 0 aromatic heterocycles. The molecule has 2 rings (SSSR count). The Labute approximate surface area is 89.6 Å². The summed E-state index contributed by atoms with van der Waals surface area (Å²) in [4.78, 5) is 22.1. The van der Waals surface area contributed by atoms with Crippen molar-refractivity contribution in [1.82, 2.24) is 10.6 Å². The van der Waals surface area contributed by atoms with Crippen LogP contribution in [0.4, 0.5) is 13.6 Å². The molecule has 84 valence electrons. The van der Waals surface area contributed by atoms with Crippen LogP contribution in [0.1, 0.15) is 23.6 Å². The van der Waals surface area contributed by atoms with Gasteiger partial charge in [-0.05, 0) is 5.56 Å². The number of nitrogens with one attached hydrogen (secondary N) is 2. The first-order valence-electron chi connectivity index (χ1n) is 4.57. The molecule has 1 aromatic rings. The molecule has 0 saturated carbocycles. The maximum Gasteiger partial charge on any atom is 0.322 e. The van der Waals surface area contributed by atoms with Crippen LogP contribution in [0, 0.1) is 0 Å². The molecule has 2 N–H and O–H groups in total. The number of carbonyl (C=O) groups is 2. The predicted octanol–water partition coefficient (Wildman–Crippen LogP) is 1.50. The highest BCUT2D eigenvalue weighted by atomic mass is 19.3. The van der Waals surface area contributed by atoms with E-state index in [1.165, 1.54) is 24.3 Å². The second kappa shape index (κ2) is 3.88. The van der Waals surface area contributed by atoms with Crippen LogP contribution in [0.15, 0.2) is 24.3 Å². The lowest BCUT2D eigenvalue weighted by atomic mass is 10.1. The smallest absolute Gasteiger partial charge is 0.322 e. The van der Waals surface area contributed by atoms with Crippen molar-refractivity contribution in [2.45, 2.75) is 12.5 Å². The molecule has 1 heterocycles. The largest absolute Gasteiger partial charge is 0.322 e. The standard InChI is InChI=1S/C10H8F2N2O2/c11-8(12)6-3-1-5(2-4-6)7-9(15)14-10(16)13-7/h1-4,7-8H,(H2,13,14,15,16). The van der Waals surface area contributed by atoms with E-state index in [9.17, 15) is 18.4 Å². The molecular formula is C10H8F2N2O2. The third-order valence-corrected chi connectivity index (χ3v) is 2.30. The molecule has 1 aliphatic heterocycles. The number of hydrogen-bond acceptors (Lipinski definition) is 2. The van der Waals surface area contributed by atoms with Crippen molar-refractivity contribution in [3.63, 3.8) is 0 Å². The van der Waals surface area contributed by atoms with Crippen molar-refractivity contribution in [3.8, 4) is 0 Å². The summed E-state index contributed by atoms with van der Waals surface area (Å²) in [6.45, 7) is 0. The minimum atomic E-state index is -2.54. The Bertz CT molecular complexity index is 431. The molecule has 0 radical (unpaired) electrons. The number of benzene rings is 1. The molecule has 6 heteroatoms. The lowest BCUT2D eigenvalue weighted by molar-refractivity contribution is -0.120. The maximum absolute atomic E-state index is 12.3. The van der Waals surface area contributed by atoms with Gasteiger partial charge in [0.05, 0.1) is 0 Å². The molecular weight excluding hydrogens is 218 g/mol. The Kier molecular flexibility index (Phi) is 2.55. The summed E-state index contributed by atoms with van der Waals surface area (Å²) in [6.07, 6.45) is -2.54. The molecule has 1 saturated heterocycles.